The number of nitrogens with zero attached hydrogens (tertiary/aromatic N) is 1. The Morgan fingerprint density at radius 2 is 1.67 bits per heavy atom. The Labute approximate surface area is 155 Å². The van der Waals surface area contributed by atoms with Crippen molar-refractivity contribution in [2.75, 3.05) is 5.32 Å². The van der Waals surface area contributed by atoms with Crippen LogP contribution in [0, 0.1) is 5.82 Å². The average Bonchev–Trinajstić information content (AvgIpc) is 3.19. The van der Waals surface area contributed by atoms with Crippen LogP contribution in [-0.2, 0) is 0 Å². The molecule has 132 valence electrons. The molecule has 0 unspecified atom stereocenters. The second kappa shape index (κ2) is 7.25. The van der Waals surface area contributed by atoms with Crippen LogP contribution in [0.5, 0.6) is 0 Å². The highest BCUT2D eigenvalue weighted by atomic mass is 19.1. The fraction of sp³-hybridized carbons (Fsp3) is 0. The van der Waals surface area contributed by atoms with Gasteiger partial charge in [0.25, 0.3) is 5.91 Å². The maximum absolute atomic E-state index is 13.2. The van der Waals surface area contributed by atoms with Crippen molar-refractivity contribution in [3.05, 3.63) is 96.5 Å². The lowest BCUT2D eigenvalue weighted by Gasteiger charge is -2.06. The number of hydrogen-bond donors (Lipinski definition) is 1. The largest absolute Gasteiger partial charge is 0.444 e. The topological polar surface area (TPSA) is 55.1 Å². The number of rotatable bonds is 4. The monoisotopic (exact) mass is 358 g/mol. The third kappa shape index (κ3) is 3.77. The summed E-state index contributed by atoms with van der Waals surface area (Å²) in [6, 6.07) is 22.4. The summed E-state index contributed by atoms with van der Waals surface area (Å²) in [6.45, 7) is 0. The Morgan fingerprint density at radius 1 is 0.889 bits per heavy atom. The number of benzene rings is 3. The minimum absolute atomic E-state index is 0.263. The van der Waals surface area contributed by atoms with Gasteiger partial charge in [0, 0.05) is 22.4 Å². The number of nitrogens with one attached hydrogen (secondary N) is 1. The van der Waals surface area contributed by atoms with Crippen LogP contribution in [0.1, 0.15) is 10.4 Å². The Kier molecular flexibility index (Phi) is 4.49. The fourth-order valence-corrected chi connectivity index (χ4v) is 2.68. The van der Waals surface area contributed by atoms with Crippen LogP contribution in [0.15, 0.2) is 89.5 Å². The summed E-state index contributed by atoms with van der Waals surface area (Å²) in [5, 5.41) is 2.74. The van der Waals surface area contributed by atoms with Gasteiger partial charge >= 0.3 is 0 Å². The van der Waals surface area contributed by atoms with Crippen molar-refractivity contribution >= 4 is 11.6 Å². The van der Waals surface area contributed by atoms with Crippen molar-refractivity contribution in [3.63, 3.8) is 0 Å². The Hall–Kier alpha value is -3.73. The summed E-state index contributed by atoms with van der Waals surface area (Å²) in [5.74, 6) is -0.322. The van der Waals surface area contributed by atoms with Crippen LogP contribution in [0.3, 0.4) is 0 Å². The smallest absolute Gasteiger partial charge is 0.255 e. The van der Waals surface area contributed by atoms with Gasteiger partial charge in [-0.2, -0.15) is 0 Å². The van der Waals surface area contributed by atoms with Crippen LogP contribution < -0.4 is 5.32 Å². The van der Waals surface area contributed by atoms with Gasteiger partial charge in [0.15, 0.2) is 0 Å². The minimum atomic E-state index is -0.448. The SMILES string of the molecule is O=C(Nc1ccc(-c2nc(-c3ccccc3)co2)cc1)c1cccc(F)c1. The molecule has 0 bridgehead atoms. The number of carbonyl (C=O) groups excluding carboxylic acids is 1. The van der Waals surface area contributed by atoms with E-state index in [2.05, 4.69) is 10.3 Å². The van der Waals surface area contributed by atoms with Gasteiger partial charge in [-0.3, -0.25) is 4.79 Å². The molecule has 1 aromatic heterocycles. The predicted octanol–water partition coefficient (Wildman–Crippen LogP) is 5.40. The second-order valence-electron chi connectivity index (χ2n) is 5.95. The molecule has 1 amide bonds. The van der Waals surface area contributed by atoms with E-state index in [-0.39, 0.29) is 11.5 Å². The molecule has 0 atom stereocenters. The first-order chi connectivity index (χ1) is 13.2. The Balaban J connectivity index is 1.49. The van der Waals surface area contributed by atoms with Crippen LogP contribution >= 0.6 is 0 Å². The molecule has 0 spiro atoms. The van der Waals surface area contributed by atoms with E-state index in [0.717, 1.165) is 16.8 Å². The molecule has 1 heterocycles. The number of carbonyl (C=O) groups is 1. The van der Waals surface area contributed by atoms with E-state index in [1.165, 1.54) is 18.2 Å². The minimum Gasteiger partial charge on any atom is -0.444 e. The van der Waals surface area contributed by atoms with E-state index >= 15 is 0 Å². The summed E-state index contributed by atoms with van der Waals surface area (Å²) in [4.78, 5) is 16.7. The number of amides is 1. The van der Waals surface area contributed by atoms with E-state index in [9.17, 15) is 9.18 Å². The van der Waals surface area contributed by atoms with Crippen molar-refractivity contribution < 1.29 is 13.6 Å². The number of anilines is 1. The van der Waals surface area contributed by atoms with Crippen molar-refractivity contribution in [2.45, 2.75) is 0 Å². The zero-order chi connectivity index (χ0) is 18.6. The maximum atomic E-state index is 13.2. The molecule has 5 heteroatoms. The van der Waals surface area contributed by atoms with Gasteiger partial charge < -0.3 is 9.73 Å². The van der Waals surface area contributed by atoms with Crippen LogP contribution in [0.25, 0.3) is 22.7 Å². The highest BCUT2D eigenvalue weighted by Gasteiger charge is 2.10. The van der Waals surface area contributed by atoms with Gasteiger partial charge in [0.1, 0.15) is 17.8 Å². The number of halogens is 1. The van der Waals surface area contributed by atoms with Gasteiger partial charge in [-0.05, 0) is 42.5 Å². The molecule has 0 radical (unpaired) electrons. The molecule has 0 aliphatic heterocycles. The quantitative estimate of drug-likeness (QED) is 0.531. The highest BCUT2D eigenvalue weighted by Crippen LogP contribution is 2.25. The lowest BCUT2D eigenvalue weighted by molar-refractivity contribution is 0.102. The van der Waals surface area contributed by atoms with E-state index in [1.54, 1.807) is 24.5 Å². The summed E-state index contributed by atoms with van der Waals surface area (Å²) < 4.78 is 18.8. The molecule has 4 nitrogen and oxygen atoms in total. The van der Waals surface area contributed by atoms with E-state index < -0.39 is 5.82 Å². The molecule has 3 aromatic carbocycles. The van der Waals surface area contributed by atoms with E-state index in [0.29, 0.717) is 11.6 Å². The summed E-state index contributed by atoms with van der Waals surface area (Å²) >= 11 is 0. The molecule has 0 aliphatic carbocycles. The predicted molar refractivity (Wildman–Crippen MR) is 102 cm³/mol. The first-order valence-electron chi connectivity index (χ1n) is 8.37. The van der Waals surface area contributed by atoms with Gasteiger partial charge in [-0.25, -0.2) is 9.37 Å². The Morgan fingerprint density at radius 3 is 2.41 bits per heavy atom. The van der Waals surface area contributed by atoms with Crippen LogP contribution in [0.4, 0.5) is 10.1 Å². The third-order valence-corrected chi connectivity index (χ3v) is 4.05. The average molecular weight is 358 g/mol. The van der Waals surface area contributed by atoms with Gasteiger partial charge in [0.05, 0.1) is 0 Å². The molecule has 4 rings (SSSR count). The van der Waals surface area contributed by atoms with Crippen molar-refractivity contribution in [3.8, 4) is 22.7 Å². The Bertz CT molecular complexity index is 1070. The normalized spacial score (nSPS) is 10.6. The fourth-order valence-electron chi connectivity index (χ4n) is 2.68. The molecule has 0 saturated carbocycles. The van der Waals surface area contributed by atoms with Crippen LogP contribution in [-0.4, -0.2) is 10.9 Å². The molecule has 1 N–H and O–H groups in total. The zero-order valence-corrected chi connectivity index (χ0v) is 14.2. The summed E-state index contributed by atoms with van der Waals surface area (Å²) in [7, 11) is 0. The van der Waals surface area contributed by atoms with E-state index in [1.807, 2.05) is 42.5 Å². The van der Waals surface area contributed by atoms with Crippen molar-refractivity contribution in [1.29, 1.82) is 0 Å². The molecule has 27 heavy (non-hydrogen) atoms. The molecule has 0 fully saturated rings. The summed E-state index contributed by atoms with van der Waals surface area (Å²) in [6.07, 6.45) is 1.62. The van der Waals surface area contributed by atoms with Crippen LogP contribution in [0.2, 0.25) is 0 Å². The standard InChI is InChI=1S/C22H15FN2O2/c23-18-8-4-7-17(13-18)21(26)24-19-11-9-16(10-12-19)22-25-20(14-27-22)15-5-2-1-3-6-15/h1-14H,(H,24,26). The lowest BCUT2D eigenvalue weighted by Crippen LogP contribution is -2.11. The third-order valence-electron chi connectivity index (χ3n) is 4.05. The lowest BCUT2D eigenvalue weighted by atomic mass is 10.1. The highest BCUT2D eigenvalue weighted by molar-refractivity contribution is 6.04. The molecule has 4 aromatic rings. The zero-order valence-electron chi connectivity index (χ0n) is 14.2. The number of oxazole rings is 1. The van der Waals surface area contributed by atoms with Crippen molar-refractivity contribution in [1.82, 2.24) is 4.98 Å². The number of aromatic nitrogens is 1. The molecular weight excluding hydrogens is 343 g/mol. The second-order valence-corrected chi connectivity index (χ2v) is 5.95. The first kappa shape index (κ1) is 16.7. The molecule has 0 saturated heterocycles. The molecule has 0 aliphatic rings. The van der Waals surface area contributed by atoms with Gasteiger partial charge in [-0.1, -0.05) is 36.4 Å². The number of hydrogen-bond acceptors (Lipinski definition) is 3. The van der Waals surface area contributed by atoms with Gasteiger partial charge in [0.2, 0.25) is 5.89 Å². The maximum Gasteiger partial charge on any atom is 0.255 e. The van der Waals surface area contributed by atoms with Crippen molar-refractivity contribution in [2.24, 2.45) is 0 Å². The molecular formula is C22H15FN2O2. The summed E-state index contributed by atoms with van der Waals surface area (Å²) in [5.41, 5.74) is 3.39. The van der Waals surface area contributed by atoms with Gasteiger partial charge in [-0.15, -0.1) is 0 Å². The van der Waals surface area contributed by atoms with E-state index in [4.69, 9.17) is 4.42 Å². The first-order valence-corrected chi connectivity index (χ1v) is 8.37.